The Bertz CT molecular complexity index is 690. The summed E-state index contributed by atoms with van der Waals surface area (Å²) in [7, 11) is 0. The molecule has 0 saturated heterocycles. The SMILES string of the molecule is O=C(CNC(=O)c1cc(F)c(Cl)cc1Cl)NCc1ccco1. The highest BCUT2D eigenvalue weighted by Crippen LogP contribution is 2.24. The van der Waals surface area contributed by atoms with Crippen molar-refractivity contribution >= 4 is 35.0 Å². The van der Waals surface area contributed by atoms with Gasteiger partial charge in [0.05, 0.1) is 35.0 Å². The van der Waals surface area contributed by atoms with Crippen molar-refractivity contribution in [3.63, 3.8) is 0 Å². The molecular formula is C14H11Cl2FN2O3. The summed E-state index contributed by atoms with van der Waals surface area (Å²) in [4.78, 5) is 23.4. The van der Waals surface area contributed by atoms with Gasteiger partial charge in [-0.15, -0.1) is 0 Å². The monoisotopic (exact) mass is 344 g/mol. The molecule has 0 bridgehead atoms. The van der Waals surface area contributed by atoms with Crippen molar-refractivity contribution < 1.29 is 18.4 Å². The summed E-state index contributed by atoms with van der Waals surface area (Å²) >= 11 is 11.4. The van der Waals surface area contributed by atoms with E-state index in [2.05, 4.69) is 10.6 Å². The number of hydrogen-bond donors (Lipinski definition) is 2. The Balaban J connectivity index is 1.87. The lowest BCUT2D eigenvalue weighted by Crippen LogP contribution is -2.36. The minimum absolute atomic E-state index is 0.0000984. The maximum atomic E-state index is 13.3. The molecule has 0 spiro atoms. The van der Waals surface area contributed by atoms with E-state index in [1.165, 1.54) is 6.26 Å². The number of amides is 2. The number of carbonyl (C=O) groups excluding carboxylic acids is 2. The van der Waals surface area contributed by atoms with Gasteiger partial charge in [0.25, 0.3) is 5.91 Å². The molecule has 0 aliphatic carbocycles. The van der Waals surface area contributed by atoms with Gasteiger partial charge in [0.2, 0.25) is 5.91 Å². The van der Waals surface area contributed by atoms with Gasteiger partial charge in [0.1, 0.15) is 11.6 Å². The van der Waals surface area contributed by atoms with Crippen LogP contribution in [0.5, 0.6) is 0 Å². The van der Waals surface area contributed by atoms with Gasteiger partial charge in [-0.2, -0.15) is 0 Å². The molecule has 0 saturated carbocycles. The summed E-state index contributed by atoms with van der Waals surface area (Å²) in [5.74, 6) is -1.27. The zero-order chi connectivity index (χ0) is 16.1. The van der Waals surface area contributed by atoms with Gasteiger partial charge in [-0.25, -0.2) is 4.39 Å². The third-order valence-corrected chi connectivity index (χ3v) is 3.31. The van der Waals surface area contributed by atoms with E-state index < -0.39 is 17.6 Å². The maximum absolute atomic E-state index is 13.3. The Labute approximate surface area is 135 Å². The van der Waals surface area contributed by atoms with E-state index in [0.717, 1.165) is 12.1 Å². The van der Waals surface area contributed by atoms with Crippen molar-refractivity contribution in [1.82, 2.24) is 10.6 Å². The molecule has 0 fully saturated rings. The van der Waals surface area contributed by atoms with Crippen molar-refractivity contribution in [1.29, 1.82) is 0 Å². The molecule has 1 heterocycles. The first kappa shape index (κ1) is 16.3. The molecule has 22 heavy (non-hydrogen) atoms. The maximum Gasteiger partial charge on any atom is 0.253 e. The van der Waals surface area contributed by atoms with E-state index in [0.29, 0.717) is 5.76 Å². The average Bonchev–Trinajstić information content (AvgIpc) is 2.99. The number of rotatable bonds is 5. The van der Waals surface area contributed by atoms with Crippen molar-refractivity contribution in [3.8, 4) is 0 Å². The van der Waals surface area contributed by atoms with Crippen LogP contribution in [0.15, 0.2) is 34.9 Å². The Morgan fingerprint density at radius 2 is 1.95 bits per heavy atom. The molecule has 116 valence electrons. The molecule has 0 atom stereocenters. The highest BCUT2D eigenvalue weighted by molar-refractivity contribution is 6.36. The van der Waals surface area contributed by atoms with Crippen molar-refractivity contribution in [2.24, 2.45) is 0 Å². The topological polar surface area (TPSA) is 71.3 Å². The first-order valence-electron chi connectivity index (χ1n) is 6.19. The van der Waals surface area contributed by atoms with E-state index in [1.807, 2.05) is 0 Å². The third kappa shape index (κ3) is 4.22. The van der Waals surface area contributed by atoms with Crippen LogP contribution in [0.3, 0.4) is 0 Å². The molecule has 2 rings (SSSR count). The first-order chi connectivity index (χ1) is 10.5. The Morgan fingerprint density at radius 3 is 2.64 bits per heavy atom. The lowest BCUT2D eigenvalue weighted by molar-refractivity contribution is -0.120. The Kier molecular flexibility index (Phi) is 5.41. The van der Waals surface area contributed by atoms with Gasteiger partial charge in [0.15, 0.2) is 0 Å². The van der Waals surface area contributed by atoms with Gasteiger partial charge in [0, 0.05) is 0 Å². The van der Waals surface area contributed by atoms with Crippen LogP contribution in [0.25, 0.3) is 0 Å². The molecule has 1 aromatic carbocycles. The number of carbonyl (C=O) groups is 2. The minimum Gasteiger partial charge on any atom is -0.467 e. The van der Waals surface area contributed by atoms with E-state index in [1.54, 1.807) is 12.1 Å². The number of furan rings is 1. The van der Waals surface area contributed by atoms with E-state index in [-0.39, 0.29) is 28.7 Å². The average molecular weight is 345 g/mol. The zero-order valence-electron chi connectivity index (χ0n) is 11.2. The molecule has 0 aliphatic heterocycles. The van der Waals surface area contributed by atoms with Gasteiger partial charge in [-0.1, -0.05) is 23.2 Å². The molecule has 8 heteroatoms. The second kappa shape index (κ2) is 7.29. The van der Waals surface area contributed by atoms with Crippen LogP contribution in [0, 0.1) is 5.82 Å². The lowest BCUT2D eigenvalue weighted by atomic mass is 10.2. The van der Waals surface area contributed by atoms with Crippen LogP contribution in [0.4, 0.5) is 4.39 Å². The van der Waals surface area contributed by atoms with Crippen LogP contribution in [-0.2, 0) is 11.3 Å². The van der Waals surface area contributed by atoms with Crippen LogP contribution >= 0.6 is 23.2 Å². The number of benzene rings is 1. The molecule has 1 aromatic heterocycles. The van der Waals surface area contributed by atoms with E-state index in [9.17, 15) is 14.0 Å². The van der Waals surface area contributed by atoms with Crippen molar-refractivity contribution in [3.05, 3.63) is 57.7 Å². The fraction of sp³-hybridized carbons (Fsp3) is 0.143. The second-order valence-electron chi connectivity index (χ2n) is 4.28. The van der Waals surface area contributed by atoms with Crippen LogP contribution < -0.4 is 10.6 Å². The highest BCUT2D eigenvalue weighted by atomic mass is 35.5. The third-order valence-electron chi connectivity index (χ3n) is 2.70. The molecule has 5 nitrogen and oxygen atoms in total. The summed E-state index contributed by atoms with van der Waals surface area (Å²) in [6.07, 6.45) is 1.49. The molecule has 0 radical (unpaired) electrons. The quantitative estimate of drug-likeness (QED) is 0.819. The Hall–Kier alpha value is -2.05. The van der Waals surface area contributed by atoms with Gasteiger partial charge < -0.3 is 15.1 Å². The molecule has 2 N–H and O–H groups in total. The molecule has 0 unspecified atom stereocenters. The molecular weight excluding hydrogens is 334 g/mol. The smallest absolute Gasteiger partial charge is 0.253 e. The largest absolute Gasteiger partial charge is 0.467 e. The lowest BCUT2D eigenvalue weighted by Gasteiger charge is -2.08. The minimum atomic E-state index is -0.765. The normalized spacial score (nSPS) is 10.3. The number of hydrogen-bond acceptors (Lipinski definition) is 3. The van der Waals surface area contributed by atoms with Crippen LogP contribution in [0.1, 0.15) is 16.1 Å². The van der Waals surface area contributed by atoms with Crippen LogP contribution in [-0.4, -0.2) is 18.4 Å². The fourth-order valence-electron chi connectivity index (χ4n) is 1.61. The first-order valence-corrected chi connectivity index (χ1v) is 6.95. The van der Waals surface area contributed by atoms with E-state index >= 15 is 0 Å². The number of nitrogens with one attached hydrogen (secondary N) is 2. The molecule has 2 amide bonds. The standard InChI is InChI=1S/C14H11Cl2FN2O3/c15-10-5-11(16)12(17)4-9(10)14(21)19-7-13(20)18-6-8-2-1-3-22-8/h1-5H,6-7H2,(H,18,20)(H,19,21). The fourth-order valence-corrected chi connectivity index (χ4v) is 2.08. The Morgan fingerprint density at radius 1 is 1.18 bits per heavy atom. The predicted octanol–water partition coefficient (Wildman–Crippen LogP) is 2.77. The molecule has 2 aromatic rings. The summed E-state index contributed by atoms with van der Waals surface area (Å²) in [6, 6.07) is 5.44. The second-order valence-corrected chi connectivity index (χ2v) is 5.10. The van der Waals surface area contributed by atoms with Crippen molar-refractivity contribution in [2.45, 2.75) is 6.54 Å². The summed E-state index contributed by atoms with van der Waals surface area (Å²) < 4.78 is 18.4. The highest BCUT2D eigenvalue weighted by Gasteiger charge is 2.15. The predicted molar refractivity (Wildman–Crippen MR) is 79.3 cm³/mol. The number of halogens is 3. The molecule has 0 aliphatic rings. The van der Waals surface area contributed by atoms with Gasteiger partial charge in [-0.05, 0) is 24.3 Å². The zero-order valence-corrected chi connectivity index (χ0v) is 12.7. The van der Waals surface area contributed by atoms with Crippen LogP contribution in [0.2, 0.25) is 10.0 Å². The summed E-state index contributed by atoms with van der Waals surface area (Å²) in [6.45, 7) is -0.0713. The van der Waals surface area contributed by atoms with Gasteiger partial charge >= 0.3 is 0 Å². The summed E-state index contributed by atoms with van der Waals surface area (Å²) in [5, 5.41) is 4.71. The summed E-state index contributed by atoms with van der Waals surface area (Å²) in [5.41, 5.74) is -0.0950. The van der Waals surface area contributed by atoms with Gasteiger partial charge in [-0.3, -0.25) is 9.59 Å². The van der Waals surface area contributed by atoms with Crippen molar-refractivity contribution in [2.75, 3.05) is 6.54 Å². The van der Waals surface area contributed by atoms with E-state index in [4.69, 9.17) is 27.6 Å².